The van der Waals surface area contributed by atoms with Crippen molar-refractivity contribution >= 4 is 21.7 Å². The van der Waals surface area contributed by atoms with Crippen LogP contribution in [0.15, 0.2) is 30.6 Å². The lowest BCUT2D eigenvalue weighted by atomic mass is 9.97. The van der Waals surface area contributed by atoms with Gasteiger partial charge in [-0.3, -0.25) is 4.79 Å². The highest BCUT2D eigenvalue weighted by molar-refractivity contribution is 7.88. The van der Waals surface area contributed by atoms with Crippen molar-refractivity contribution < 1.29 is 31.1 Å². The van der Waals surface area contributed by atoms with Gasteiger partial charge in [-0.25, -0.2) is 22.7 Å². The van der Waals surface area contributed by atoms with Crippen molar-refractivity contribution in [1.82, 2.24) is 24.1 Å². The van der Waals surface area contributed by atoms with E-state index in [9.17, 15) is 26.4 Å². The van der Waals surface area contributed by atoms with Gasteiger partial charge >= 0.3 is 6.18 Å². The highest BCUT2D eigenvalue weighted by Crippen LogP contribution is 2.34. The first-order chi connectivity index (χ1) is 21.3. The number of carbonyl (C=O) groups is 1. The Hall–Kier alpha value is -2.81. The van der Waals surface area contributed by atoms with Crippen molar-refractivity contribution in [2.75, 3.05) is 51.3 Å². The van der Waals surface area contributed by atoms with E-state index in [1.54, 1.807) is 7.05 Å². The van der Waals surface area contributed by atoms with E-state index >= 15 is 0 Å². The number of anilines is 1. The molecule has 1 amide bonds. The fourth-order valence-corrected chi connectivity index (χ4v) is 7.46. The lowest BCUT2D eigenvalue weighted by Crippen LogP contribution is -2.52. The molecule has 1 aromatic carbocycles. The van der Waals surface area contributed by atoms with Gasteiger partial charge < -0.3 is 19.9 Å². The molecule has 0 aliphatic carbocycles. The van der Waals surface area contributed by atoms with Crippen molar-refractivity contribution in [1.29, 1.82) is 0 Å². The van der Waals surface area contributed by atoms with Gasteiger partial charge in [0.15, 0.2) is 0 Å². The van der Waals surface area contributed by atoms with E-state index in [0.717, 1.165) is 75.7 Å². The molecule has 45 heavy (non-hydrogen) atoms. The quantitative estimate of drug-likeness (QED) is 0.445. The smallest absolute Gasteiger partial charge is 0.368 e. The van der Waals surface area contributed by atoms with Crippen LogP contribution in [-0.4, -0.2) is 103 Å². The molecule has 1 aromatic heterocycles. The fourth-order valence-electron chi connectivity index (χ4n) is 6.71. The summed E-state index contributed by atoms with van der Waals surface area (Å²) in [4.78, 5) is 26.5. The van der Waals surface area contributed by atoms with Crippen molar-refractivity contribution in [3.8, 4) is 0 Å². The van der Waals surface area contributed by atoms with E-state index in [4.69, 9.17) is 4.74 Å². The van der Waals surface area contributed by atoms with Crippen LogP contribution in [0.4, 0.5) is 19.0 Å². The molecular formula is C31H43F3N6O4S. The minimum absolute atomic E-state index is 0.0339. The van der Waals surface area contributed by atoms with Crippen LogP contribution in [-0.2, 0) is 20.9 Å². The second-order valence-electron chi connectivity index (χ2n) is 12.4. The zero-order chi connectivity index (χ0) is 32.4. The van der Waals surface area contributed by atoms with Crippen molar-refractivity contribution in [2.24, 2.45) is 0 Å². The van der Waals surface area contributed by atoms with Gasteiger partial charge in [0.05, 0.1) is 24.0 Å². The predicted octanol–water partition coefficient (Wildman–Crippen LogP) is 4.49. The van der Waals surface area contributed by atoms with Crippen molar-refractivity contribution in [3.63, 3.8) is 0 Å². The van der Waals surface area contributed by atoms with Gasteiger partial charge in [-0.2, -0.15) is 13.2 Å². The number of hydrogen-bond acceptors (Lipinski definition) is 8. The number of benzene rings is 1. The lowest BCUT2D eigenvalue weighted by Gasteiger charge is -2.43. The molecule has 1 N–H and O–H groups in total. The number of nitrogens with one attached hydrogen (secondary N) is 1. The number of piperidine rings is 2. The zero-order valence-electron chi connectivity index (χ0n) is 26.1. The average molecular weight is 653 g/mol. The van der Waals surface area contributed by atoms with E-state index in [1.165, 1.54) is 29.0 Å². The molecule has 5 rings (SSSR count). The van der Waals surface area contributed by atoms with E-state index in [2.05, 4.69) is 20.2 Å². The van der Waals surface area contributed by atoms with Crippen molar-refractivity contribution in [3.05, 3.63) is 53.0 Å². The largest absolute Gasteiger partial charge is 0.416 e. The number of ether oxygens (including phenoxy) is 1. The van der Waals surface area contributed by atoms with Crippen LogP contribution in [0.1, 0.15) is 78.2 Å². The number of aromatic nitrogens is 2. The van der Waals surface area contributed by atoms with Gasteiger partial charge in [0, 0.05) is 44.3 Å². The summed E-state index contributed by atoms with van der Waals surface area (Å²) in [5, 5.41) is 3.31. The summed E-state index contributed by atoms with van der Waals surface area (Å²) in [5.41, 5.74) is 1.08. The maximum Gasteiger partial charge on any atom is 0.416 e. The van der Waals surface area contributed by atoms with Crippen LogP contribution in [0.2, 0.25) is 0 Å². The van der Waals surface area contributed by atoms with Crippen LogP contribution >= 0.6 is 0 Å². The van der Waals surface area contributed by atoms with Crippen LogP contribution in [0, 0.1) is 6.92 Å². The normalized spacial score (nSPS) is 23.0. The number of hydrogen-bond donors (Lipinski definition) is 1. The Bertz CT molecular complexity index is 1430. The standard InChI is InChI=1S/C31H43F3N6O4S/c1-21-28(30(41)40-17-13-25(14-18-40)39-15-11-24(12-16-39)38(2)45(3,42)43)36-20-37-29(21)35-19-26-5-4-6-27(44-26)22-7-9-23(10-8-22)31(32,33)34/h7-10,20,24-27H,4-6,11-19H2,1-3H3,(H,35,36,37)/t26-,27+/m1/s1. The topological polar surface area (TPSA) is 108 Å². The number of halogens is 3. The minimum atomic E-state index is -4.37. The Morgan fingerprint density at radius 2 is 1.69 bits per heavy atom. The Labute approximate surface area is 263 Å². The van der Waals surface area contributed by atoms with Crippen LogP contribution in [0.3, 0.4) is 0 Å². The van der Waals surface area contributed by atoms with E-state index in [0.29, 0.717) is 42.8 Å². The number of sulfonamides is 1. The second kappa shape index (κ2) is 13.9. The summed E-state index contributed by atoms with van der Waals surface area (Å²) in [6.07, 6.45) is 3.58. The summed E-state index contributed by atoms with van der Waals surface area (Å²) >= 11 is 0. The zero-order valence-corrected chi connectivity index (χ0v) is 26.9. The maximum atomic E-state index is 13.5. The number of carbonyl (C=O) groups excluding carboxylic acids is 1. The summed E-state index contributed by atoms with van der Waals surface area (Å²) < 4.78 is 70.4. The molecule has 3 fully saturated rings. The molecule has 10 nitrogen and oxygen atoms in total. The number of rotatable bonds is 8. The molecule has 0 radical (unpaired) electrons. The first-order valence-electron chi connectivity index (χ1n) is 15.7. The number of nitrogens with zero attached hydrogens (tertiary/aromatic N) is 5. The van der Waals surface area contributed by atoms with Crippen molar-refractivity contribution in [2.45, 2.75) is 82.3 Å². The molecule has 0 bridgehead atoms. The first-order valence-corrected chi connectivity index (χ1v) is 17.5. The Morgan fingerprint density at radius 3 is 2.31 bits per heavy atom. The molecule has 3 saturated heterocycles. The number of likely N-dealkylation sites (tertiary alicyclic amines) is 2. The fraction of sp³-hybridized carbons (Fsp3) is 0.645. The Morgan fingerprint density at radius 1 is 1.02 bits per heavy atom. The summed E-state index contributed by atoms with van der Waals surface area (Å²) in [6, 6.07) is 5.56. The Balaban J connectivity index is 1.11. The maximum absolute atomic E-state index is 13.5. The summed E-state index contributed by atoms with van der Waals surface area (Å²) in [6.45, 7) is 5.22. The van der Waals surface area contributed by atoms with Gasteiger partial charge in [0.1, 0.15) is 17.8 Å². The number of amides is 1. The third-order valence-corrected chi connectivity index (χ3v) is 10.9. The highest BCUT2D eigenvalue weighted by atomic mass is 32.2. The molecule has 2 aromatic rings. The van der Waals surface area contributed by atoms with Crippen LogP contribution < -0.4 is 5.32 Å². The van der Waals surface area contributed by atoms with E-state index in [1.807, 2.05) is 11.8 Å². The molecule has 248 valence electrons. The molecule has 2 atom stereocenters. The molecule has 14 heteroatoms. The monoisotopic (exact) mass is 652 g/mol. The molecule has 3 aliphatic heterocycles. The second-order valence-corrected chi connectivity index (χ2v) is 14.5. The lowest BCUT2D eigenvalue weighted by molar-refractivity contribution is -0.137. The summed E-state index contributed by atoms with van der Waals surface area (Å²) in [7, 11) is -1.55. The van der Waals surface area contributed by atoms with Crippen LogP contribution in [0.25, 0.3) is 0 Å². The molecule has 3 aliphatic rings. The Kier molecular flexibility index (Phi) is 10.4. The predicted molar refractivity (Wildman–Crippen MR) is 164 cm³/mol. The van der Waals surface area contributed by atoms with Gasteiger partial charge in [-0.1, -0.05) is 12.1 Å². The first kappa shape index (κ1) is 33.6. The number of alkyl halides is 3. The highest BCUT2D eigenvalue weighted by Gasteiger charge is 2.34. The molecule has 0 spiro atoms. The summed E-state index contributed by atoms with van der Waals surface area (Å²) in [5.74, 6) is 0.437. The van der Waals surface area contributed by atoms with Gasteiger partial charge in [-0.15, -0.1) is 0 Å². The van der Waals surface area contributed by atoms with E-state index in [-0.39, 0.29) is 24.2 Å². The SMILES string of the molecule is Cc1c(NC[C@H]2CCC[C@@H](c3ccc(C(F)(F)F)cc3)O2)ncnc1C(=O)N1CCC(N2CCC(N(C)S(C)(=O)=O)CC2)CC1. The van der Waals surface area contributed by atoms with Crippen LogP contribution in [0.5, 0.6) is 0 Å². The third-order valence-electron chi connectivity index (χ3n) is 9.55. The van der Waals surface area contributed by atoms with Gasteiger partial charge in [0.25, 0.3) is 5.91 Å². The average Bonchev–Trinajstić information content (AvgIpc) is 3.03. The third kappa shape index (κ3) is 8.13. The van der Waals surface area contributed by atoms with Gasteiger partial charge in [-0.05, 0) is 82.7 Å². The minimum Gasteiger partial charge on any atom is -0.368 e. The molecular weight excluding hydrogens is 609 g/mol. The molecule has 0 unspecified atom stereocenters. The molecule has 4 heterocycles. The van der Waals surface area contributed by atoms with Gasteiger partial charge in [0.2, 0.25) is 10.0 Å². The van der Waals surface area contributed by atoms with E-state index < -0.39 is 21.8 Å². The molecule has 0 saturated carbocycles.